The molecule has 4 rings (SSSR count). The lowest BCUT2D eigenvalue weighted by Gasteiger charge is -2.14. The molecule has 12 heteroatoms. The van der Waals surface area contributed by atoms with E-state index in [1.165, 1.54) is 4.90 Å². The monoisotopic (exact) mass is 526 g/mol. The molecule has 1 fully saturated rings. The van der Waals surface area contributed by atoms with Gasteiger partial charge in [-0.3, -0.25) is 9.69 Å². The number of ether oxygens (including phenoxy) is 1. The standard InChI is InChI=1S/C22H24N4O3.C4H4O4.H2O/c1-29-17-4-2-3-14(9-17)11-20-21(27)26(22(28)25-20)13-15-5-6-19-18(10-15)16(7-8-23)12-24-19;5-3(6)1-2-4(7)8;/h2-6,9-10,12,20,24H,7-8,11,13,23H2,1H3,(H,25,28);1-2H,(H,5,6)(H,7,8);1H2. The molecule has 38 heavy (non-hydrogen) atoms. The first-order valence-electron chi connectivity index (χ1n) is 11.4. The topological polar surface area (TPSA) is 207 Å². The molecule has 2 aromatic carbocycles. The number of carboxylic acids is 2. The Bertz CT molecular complexity index is 1320. The minimum atomic E-state index is -1.26. The summed E-state index contributed by atoms with van der Waals surface area (Å²) in [5.74, 6) is -2.00. The number of carbonyl (C=O) groups is 4. The van der Waals surface area contributed by atoms with Gasteiger partial charge in [-0.15, -0.1) is 0 Å². The van der Waals surface area contributed by atoms with E-state index in [9.17, 15) is 19.2 Å². The summed E-state index contributed by atoms with van der Waals surface area (Å²) in [5, 5.41) is 19.5. The molecule has 1 unspecified atom stereocenters. The summed E-state index contributed by atoms with van der Waals surface area (Å²) in [5.41, 5.74) is 9.68. The number of carbonyl (C=O) groups excluding carboxylic acids is 2. The van der Waals surface area contributed by atoms with Crippen molar-refractivity contribution in [1.29, 1.82) is 0 Å². The van der Waals surface area contributed by atoms with Gasteiger partial charge in [0, 0.05) is 35.7 Å². The lowest BCUT2D eigenvalue weighted by molar-refractivity contribution is -0.134. The Labute approximate surface area is 218 Å². The number of imide groups is 1. The van der Waals surface area contributed by atoms with E-state index in [1.807, 2.05) is 48.7 Å². The van der Waals surface area contributed by atoms with Gasteiger partial charge in [-0.2, -0.15) is 0 Å². The number of fused-ring (bicyclic) bond motifs is 1. The largest absolute Gasteiger partial charge is 0.497 e. The lowest BCUT2D eigenvalue weighted by atomic mass is 10.0. The third kappa shape index (κ3) is 7.66. The first-order valence-corrected chi connectivity index (χ1v) is 11.4. The van der Waals surface area contributed by atoms with Gasteiger partial charge >= 0.3 is 18.0 Å². The fourth-order valence-corrected chi connectivity index (χ4v) is 3.91. The van der Waals surface area contributed by atoms with Gasteiger partial charge < -0.3 is 36.5 Å². The number of nitrogens with two attached hydrogens (primary N) is 1. The van der Waals surface area contributed by atoms with Crippen LogP contribution in [-0.4, -0.2) is 69.1 Å². The maximum Gasteiger partial charge on any atom is 0.328 e. The Kier molecular flexibility index (Phi) is 10.6. The van der Waals surface area contributed by atoms with Crippen LogP contribution in [0.3, 0.4) is 0 Å². The van der Waals surface area contributed by atoms with Crippen LogP contribution in [0.4, 0.5) is 4.79 Å². The van der Waals surface area contributed by atoms with Crippen molar-refractivity contribution in [2.24, 2.45) is 5.73 Å². The zero-order valence-electron chi connectivity index (χ0n) is 20.6. The number of hydrogen-bond donors (Lipinski definition) is 5. The number of rotatable bonds is 9. The average molecular weight is 527 g/mol. The van der Waals surface area contributed by atoms with E-state index >= 15 is 0 Å². The van der Waals surface area contributed by atoms with Gasteiger partial charge in [-0.25, -0.2) is 14.4 Å². The Hall–Kier alpha value is -4.68. The molecule has 1 aliphatic rings. The number of amides is 3. The summed E-state index contributed by atoms with van der Waals surface area (Å²) in [6.45, 7) is 0.804. The van der Waals surface area contributed by atoms with Crippen molar-refractivity contribution in [3.05, 3.63) is 77.5 Å². The number of H-pyrrole nitrogens is 1. The van der Waals surface area contributed by atoms with Crippen LogP contribution >= 0.6 is 0 Å². The number of urea groups is 1. The zero-order valence-corrected chi connectivity index (χ0v) is 20.6. The second kappa shape index (κ2) is 13.6. The van der Waals surface area contributed by atoms with Gasteiger partial charge in [-0.05, 0) is 53.9 Å². The molecule has 12 nitrogen and oxygen atoms in total. The van der Waals surface area contributed by atoms with Crippen molar-refractivity contribution in [2.45, 2.75) is 25.4 Å². The third-order valence-electron chi connectivity index (χ3n) is 5.64. The molecule has 3 aromatic rings. The molecule has 1 aliphatic heterocycles. The SMILES string of the molecule is COc1cccc(CC2NC(=O)N(Cc3ccc4[nH]cc(CCN)c4c3)C2=O)c1.O.O=C(O)C=CC(=O)O. The second-order valence-electron chi connectivity index (χ2n) is 8.22. The quantitative estimate of drug-likeness (QED) is 0.202. The molecule has 0 saturated carbocycles. The number of methoxy groups -OCH3 is 1. The number of aromatic amines is 1. The summed E-state index contributed by atoms with van der Waals surface area (Å²) >= 11 is 0. The van der Waals surface area contributed by atoms with Crippen LogP contribution in [0.2, 0.25) is 0 Å². The van der Waals surface area contributed by atoms with Gasteiger partial charge in [0.25, 0.3) is 5.91 Å². The molecule has 1 aromatic heterocycles. The van der Waals surface area contributed by atoms with Gasteiger partial charge in [-0.1, -0.05) is 18.2 Å². The highest BCUT2D eigenvalue weighted by Gasteiger charge is 2.37. The summed E-state index contributed by atoms with van der Waals surface area (Å²) in [6, 6.07) is 12.5. The van der Waals surface area contributed by atoms with Gasteiger partial charge in [0.05, 0.1) is 13.7 Å². The fraction of sp³-hybridized carbons (Fsp3) is 0.231. The molecule has 8 N–H and O–H groups in total. The Balaban J connectivity index is 0.000000493. The fourth-order valence-electron chi connectivity index (χ4n) is 3.91. The van der Waals surface area contributed by atoms with Crippen LogP contribution in [0.1, 0.15) is 16.7 Å². The third-order valence-corrected chi connectivity index (χ3v) is 5.64. The first-order chi connectivity index (χ1) is 17.7. The van der Waals surface area contributed by atoms with E-state index in [1.54, 1.807) is 7.11 Å². The van der Waals surface area contributed by atoms with Gasteiger partial charge in [0.1, 0.15) is 11.8 Å². The predicted octanol–water partition coefficient (Wildman–Crippen LogP) is 1.23. The van der Waals surface area contributed by atoms with Crippen LogP contribution in [0.25, 0.3) is 10.9 Å². The van der Waals surface area contributed by atoms with Crippen molar-refractivity contribution < 1.29 is 39.6 Å². The zero-order chi connectivity index (χ0) is 26.9. The highest BCUT2D eigenvalue weighted by atomic mass is 16.5. The maximum absolute atomic E-state index is 12.9. The predicted molar refractivity (Wildman–Crippen MR) is 139 cm³/mol. The summed E-state index contributed by atoms with van der Waals surface area (Å²) < 4.78 is 5.23. The van der Waals surface area contributed by atoms with E-state index in [4.69, 9.17) is 20.7 Å². The summed E-state index contributed by atoms with van der Waals surface area (Å²) in [7, 11) is 1.60. The number of benzene rings is 2. The molecular formula is C26H30N4O8. The summed E-state index contributed by atoms with van der Waals surface area (Å²) in [6.07, 6.45) is 4.27. The Morgan fingerprint density at radius 1 is 1.08 bits per heavy atom. The minimum absolute atomic E-state index is 0. The molecule has 0 spiro atoms. The first kappa shape index (κ1) is 29.5. The molecule has 1 atom stereocenters. The van der Waals surface area contributed by atoms with Crippen LogP contribution in [-0.2, 0) is 33.8 Å². The van der Waals surface area contributed by atoms with Crippen molar-refractivity contribution >= 4 is 34.8 Å². The van der Waals surface area contributed by atoms with Crippen LogP contribution < -0.4 is 15.8 Å². The number of aliphatic carboxylic acids is 2. The van der Waals surface area contributed by atoms with Crippen molar-refractivity contribution in [3.8, 4) is 5.75 Å². The Morgan fingerprint density at radius 2 is 1.79 bits per heavy atom. The van der Waals surface area contributed by atoms with Crippen LogP contribution in [0, 0.1) is 0 Å². The maximum atomic E-state index is 12.9. The molecule has 2 heterocycles. The van der Waals surface area contributed by atoms with Gasteiger partial charge in [0.15, 0.2) is 0 Å². The number of hydrogen-bond acceptors (Lipinski definition) is 6. The number of aromatic nitrogens is 1. The van der Waals surface area contributed by atoms with Crippen LogP contribution in [0.15, 0.2) is 60.8 Å². The van der Waals surface area contributed by atoms with Crippen molar-refractivity contribution in [3.63, 3.8) is 0 Å². The van der Waals surface area contributed by atoms with E-state index in [0.29, 0.717) is 25.1 Å². The highest BCUT2D eigenvalue weighted by Crippen LogP contribution is 2.23. The van der Waals surface area contributed by atoms with E-state index in [2.05, 4.69) is 10.3 Å². The Morgan fingerprint density at radius 3 is 2.42 bits per heavy atom. The normalized spacial score (nSPS) is 14.6. The van der Waals surface area contributed by atoms with E-state index in [0.717, 1.165) is 39.8 Å². The lowest BCUT2D eigenvalue weighted by Crippen LogP contribution is -2.32. The molecule has 0 aliphatic carbocycles. The molecule has 1 saturated heterocycles. The number of carboxylic acid groups (broad SMARTS) is 2. The molecule has 0 radical (unpaired) electrons. The smallest absolute Gasteiger partial charge is 0.328 e. The average Bonchev–Trinajstić information content (AvgIpc) is 3.39. The second-order valence-corrected chi connectivity index (χ2v) is 8.22. The van der Waals surface area contributed by atoms with Crippen molar-refractivity contribution in [1.82, 2.24) is 15.2 Å². The molecule has 202 valence electrons. The number of nitrogens with one attached hydrogen (secondary N) is 2. The van der Waals surface area contributed by atoms with Crippen LogP contribution in [0.5, 0.6) is 5.75 Å². The molecule has 3 amide bonds. The molecule has 0 bridgehead atoms. The molecular weight excluding hydrogens is 496 g/mol. The van der Waals surface area contributed by atoms with Gasteiger partial charge in [0.2, 0.25) is 0 Å². The van der Waals surface area contributed by atoms with E-state index < -0.39 is 18.0 Å². The highest BCUT2D eigenvalue weighted by molar-refractivity contribution is 6.04. The number of nitrogens with zero attached hydrogens (tertiary/aromatic N) is 1. The summed E-state index contributed by atoms with van der Waals surface area (Å²) in [4.78, 5) is 48.9. The van der Waals surface area contributed by atoms with E-state index in [-0.39, 0.29) is 24.0 Å². The van der Waals surface area contributed by atoms with Crippen molar-refractivity contribution in [2.75, 3.05) is 13.7 Å². The minimum Gasteiger partial charge on any atom is -0.497 e.